The second-order valence-corrected chi connectivity index (χ2v) is 10.2. The molecule has 3 atom stereocenters. The molecule has 2 saturated heterocycles. The summed E-state index contributed by atoms with van der Waals surface area (Å²) in [5.74, 6) is -1.63. The number of fused-ring (bicyclic) bond motifs is 1. The molecule has 2 aliphatic rings. The number of sulfonamides is 1. The largest absolute Gasteiger partial charge is 0.454 e. The molecule has 0 aromatic heterocycles. The molecule has 2 aromatic rings. The van der Waals surface area contributed by atoms with E-state index in [1.165, 1.54) is 19.1 Å². The van der Waals surface area contributed by atoms with Crippen LogP contribution in [0.1, 0.15) is 24.8 Å². The molecule has 32 heavy (non-hydrogen) atoms. The summed E-state index contributed by atoms with van der Waals surface area (Å²) in [5, 5.41) is 3.24. The Morgan fingerprint density at radius 2 is 1.94 bits per heavy atom. The van der Waals surface area contributed by atoms with Gasteiger partial charge in [-0.3, -0.25) is 9.52 Å². The van der Waals surface area contributed by atoms with Crippen LogP contribution >= 0.6 is 0 Å². The number of amides is 1. The monoisotopic (exact) mass is 465 g/mol. The third-order valence-electron chi connectivity index (χ3n) is 6.08. The van der Waals surface area contributed by atoms with Crippen LogP contribution in [0, 0.1) is 17.6 Å². The van der Waals surface area contributed by atoms with Crippen molar-refractivity contribution >= 4 is 21.6 Å². The quantitative estimate of drug-likeness (QED) is 0.685. The lowest BCUT2D eigenvalue weighted by Crippen LogP contribution is -2.52. The van der Waals surface area contributed by atoms with Crippen molar-refractivity contribution in [2.24, 2.45) is 5.92 Å². The predicted octanol–water partition coefficient (Wildman–Crippen LogP) is 3.05. The van der Waals surface area contributed by atoms with Gasteiger partial charge in [0.25, 0.3) is 0 Å². The maximum absolute atomic E-state index is 14.3. The standard InChI is InChI=1S/C22H25F2N3O4S/c1-3-32(29,30)26-14-5-7-19(31-20-6-4-13(23)10-18(20)24)16(11-14)17-12-27(2)22(28)21-15(17)8-9-25-21/h4-7,10-11,15,17,21,25-26H,3,8-9,12H2,1-2H3. The summed E-state index contributed by atoms with van der Waals surface area (Å²) in [6, 6.07) is 7.49. The topological polar surface area (TPSA) is 87.7 Å². The molecular weight excluding hydrogens is 440 g/mol. The summed E-state index contributed by atoms with van der Waals surface area (Å²) >= 11 is 0. The maximum Gasteiger partial charge on any atom is 0.239 e. The summed E-state index contributed by atoms with van der Waals surface area (Å²) in [6.45, 7) is 2.64. The van der Waals surface area contributed by atoms with Crippen molar-refractivity contribution < 1.29 is 26.7 Å². The number of nitrogens with zero attached hydrogens (tertiary/aromatic N) is 1. The number of hydrogen-bond acceptors (Lipinski definition) is 5. The van der Waals surface area contributed by atoms with Gasteiger partial charge >= 0.3 is 0 Å². The van der Waals surface area contributed by atoms with Gasteiger partial charge in [-0.1, -0.05) is 0 Å². The van der Waals surface area contributed by atoms with E-state index in [0.717, 1.165) is 18.6 Å². The van der Waals surface area contributed by atoms with Crippen LogP contribution in [-0.4, -0.2) is 51.2 Å². The number of ether oxygens (including phenoxy) is 1. The van der Waals surface area contributed by atoms with Crippen LogP contribution in [0.15, 0.2) is 36.4 Å². The second-order valence-electron chi connectivity index (χ2n) is 8.14. The Hall–Kier alpha value is -2.72. The van der Waals surface area contributed by atoms with E-state index in [-0.39, 0.29) is 35.3 Å². The zero-order valence-electron chi connectivity index (χ0n) is 17.8. The highest BCUT2D eigenvalue weighted by Gasteiger charge is 2.45. The van der Waals surface area contributed by atoms with E-state index in [4.69, 9.17) is 4.74 Å². The molecule has 0 spiro atoms. The van der Waals surface area contributed by atoms with Gasteiger partial charge in [0.1, 0.15) is 11.6 Å². The molecule has 172 valence electrons. The van der Waals surface area contributed by atoms with Gasteiger partial charge in [0.2, 0.25) is 15.9 Å². The van der Waals surface area contributed by atoms with Gasteiger partial charge < -0.3 is 15.0 Å². The Kier molecular flexibility index (Phi) is 6.09. The highest BCUT2D eigenvalue weighted by atomic mass is 32.2. The van der Waals surface area contributed by atoms with E-state index in [1.54, 1.807) is 24.1 Å². The highest BCUT2D eigenvalue weighted by Crippen LogP contribution is 2.43. The smallest absolute Gasteiger partial charge is 0.239 e. The Balaban J connectivity index is 1.77. The van der Waals surface area contributed by atoms with E-state index in [0.29, 0.717) is 30.1 Å². The molecule has 3 unspecified atom stereocenters. The van der Waals surface area contributed by atoms with Crippen molar-refractivity contribution in [3.8, 4) is 11.5 Å². The number of nitrogens with one attached hydrogen (secondary N) is 2. The van der Waals surface area contributed by atoms with Crippen LogP contribution in [0.4, 0.5) is 14.5 Å². The zero-order chi connectivity index (χ0) is 23.0. The van der Waals surface area contributed by atoms with Gasteiger partial charge in [0.05, 0.1) is 11.8 Å². The van der Waals surface area contributed by atoms with Crippen LogP contribution in [0.2, 0.25) is 0 Å². The second kappa shape index (κ2) is 8.67. The lowest BCUT2D eigenvalue weighted by atomic mass is 9.77. The number of anilines is 1. The van der Waals surface area contributed by atoms with E-state index in [2.05, 4.69) is 10.0 Å². The molecule has 10 heteroatoms. The third kappa shape index (κ3) is 4.42. The fourth-order valence-electron chi connectivity index (χ4n) is 4.44. The number of piperidine rings is 1. The molecule has 2 aromatic carbocycles. The van der Waals surface area contributed by atoms with Crippen molar-refractivity contribution in [1.82, 2.24) is 10.2 Å². The summed E-state index contributed by atoms with van der Waals surface area (Å²) in [4.78, 5) is 14.2. The predicted molar refractivity (Wildman–Crippen MR) is 116 cm³/mol. The molecule has 0 saturated carbocycles. The molecule has 0 radical (unpaired) electrons. The number of benzene rings is 2. The Morgan fingerprint density at radius 3 is 2.66 bits per heavy atom. The first kappa shape index (κ1) is 22.5. The third-order valence-corrected chi connectivity index (χ3v) is 7.38. The number of hydrogen-bond donors (Lipinski definition) is 2. The minimum Gasteiger partial charge on any atom is -0.454 e. The van der Waals surface area contributed by atoms with Gasteiger partial charge in [0.15, 0.2) is 11.6 Å². The normalized spacial score (nSPS) is 23.2. The van der Waals surface area contributed by atoms with Crippen LogP contribution in [0.5, 0.6) is 11.5 Å². The summed E-state index contributed by atoms with van der Waals surface area (Å²) in [7, 11) is -1.79. The molecule has 2 fully saturated rings. The first-order valence-electron chi connectivity index (χ1n) is 10.4. The SMILES string of the molecule is CCS(=O)(=O)Nc1ccc(Oc2ccc(F)cc2F)c(C2CN(C)C(=O)C3NCCC32)c1. The van der Waals surface area contributed by atoms with Gasteiger partial charge in [-0.05, 0) is 56.1 Å². The number of carbonyl (C=O) groups is 1. The average molecular weight is 466 g/mol. The Bertz CT molecular complexity index is 1140. The fourth-order valence-corrected chi connectivity index (χ4v) is 5.07. The zero-order valence-corrected chi connectivity index (χ0v) is 18.6. The minimum atomic E-state index is -3.51. The van der Waals surface area contributed by atoms with Crippen molar-refractivity contribution in [1.29, 1.82) is 0 Å². The summed E-state index contributed by atoms with van der Waals surface area (Å²) in [5.41, 5.74) is 1.01. The lowest BCUT2D eigenvalue weighted by Gasteiger charge is -2.39. The number of likely N-dealkylation sites (N-methyl/N-ethyl adjacent to an activating group) is 1. The van der Waals surface area contributed by atoms with Crippen molar-refractivity contribution in [3.63, 3.8) is 0 Å². The van der Waals surface area contributed by atoms with Crippen LogP contribution in [-0.2, 0) is 14.8 Å². The van der Waals surface area contributed by atoms with Crippen molar-refractivity contribution in [2.45, 2.75) is 25.3 Å². The number of likely N-dealkylation sites (tertiary alicyclic amines) is 1. The summed E-state index contributed by atoms with van der Waals surface area (Å²) in [6.07, 6.45) is 0.768. The molecule has 0 bridgehead atoms. The molecular formula is C22H25F2N3O4S. The fraction of sp³-hybridized carbons (Fsp3) is 0.409. The van der Waals surface area contributed by atoms with Crippen molar-refractivity contribution in [2.75, 3.05) is 30.6 Å². The first-order valence-corrected chi connectivity index (χ1v) is 12.1. The van der Waals surface area contributed by atoms with Crippen molar-refractivity contribution in [3.05, 3.63) is 53.6 Å². The van der Waals surface area contributed by atoms with E-state index < -0.39 is 21.7 Å². The van der Waals surface area contributed by atoms with E-state index >= 15 is 0 Å². The molecule has 7 nitrogen and oxygen atoms in total. The average Bonchev–Trinajstić information content (AvgIpc) is 3.24. The van der Waals surface area contributed by atoms with E-state index in [9.17, 15) is 22.0 Å². The van der Waals surface area contributed by atoms with Gasteiger partial charge in [0, 0.05) is 36.8 Å². The Morgan fingerprint density at radius 1 is 1.19 bits per heavy atom. The molecule has 2 aliphatic heterocycles. The van der Waals surface area contributed by atoms with Gasteiger partial charge in [-0.25, -0.2) is 17.2 Å². The molecule has 1 amide bonds. The number of carbonyl (C=O) groups excluding carboxylic acids is 1. The first-order chi connectivity index (χ1) is 15.2. The molecule has 4 rings (SSSR count). The summed E-state index contributed by atoms with van der Waals surface area (Å²) < 4.78 is 60.1. The minimum absolute atomic E-state index is 0.0126. The van der Waals surface area contributed by atoms with Crippen LogP contribution < -0.4 is 14.8 Å². The van der Waals surface area contributed by atoms with Crippen LogP contribution in [0.3, 0.4) is 0 Å². The highest BCUT2D eigenvalue weighted by molar-refractivity contribution is 7.92. The maximum atomic E-state index is 14.3. The van der Waals surface area contributed by atoms with Gasteiger partial charge in [-0.2, -0.15) is 0 Å². The van der Waals surface area contributed by atoms with Gasteiger partial charge in [-0.15, -0.1) is 0 Å². The molecule has 2 N–H and O–H groups in total. The number of rotatable bonds is 6. The lowest BCUT2D eigenvalue weighted by molar-refractivity contribution is -0.136. The molecule has 2 heterocycles. The van der Waals surface area contributed by atoms with E-state index in [1.807, 2.05) is 0 Å². The molecule has 0 aliphatic carbocycles. The Labute approximate surface area is 185 Å². The van der Waals surface area contributed by atoms with Crippen LogP contribution in [0.25, 0.3) is 0 Å². The number of halogens is 2.